The third-order valence-corrected chi connectivity index (χ3v) is 5.88. The average Bonchev–Trinajstić information content (AvgIpc) is 3.23. The summed E-state index contributed by atoms with van der Waals surface area (Å²) in [6, 6.07) is 1.84. The summed E-state index contributed by atoms with van der Waals surface area (Å²) in [5.74, 6) is -4.80. The maximum atomic E-state index is 13.0. The van der Waals surface area contributed by atoms with Gasteiger partial charge >= 0.3 is 5.97 Å². The number of fused-ring (bicyclic) bond motifs is 1. The van der Waals surface area contributed by atoms with E-state index in [1.165, 1.54) is 6.92 Å². The van der Waals surface area contributed by atoms with Crippen LogP contribution in [0.4, 0.5) is 0 Å². The number of carbonyl (C=O) groups is 5. The minimum atomic E-state index is -1.56. The van der Waals surface area contributed by atoms with Crippen LogP contribution in [0.2, 0.25) is 0 Å². The Bertz CT molecular complexity index is 1160. The number of primary amides is 1. The van der Waals surface area contributed by atoms with Crippen LogP contribution >= 0.6 is 0 Å². The molecule has 10 N–H and O–H groups in total. The molecule has 13 heteroatoms. The van der Waals surface area contributed by atoms with Crippen molar-refractivity contribution in [1.29, 1.82) is 0 Å². The van der Waals surface area contributed by atoms with Crippen molar-refractivity contribution in [3.8, 4) is 0 Å². The van der Waals surface area contributed by atoms with Gasteiger partial charge in [-0.05, 0) is 30.9 Å². The van der Waals surface area contributed by atoms with E-state index < -0.39 is 66.3 Å². The van der Waals surface area contributed by atoms with Gasteiger partial charge in [-0.2, -0.15) is 0 Å². The lowest BCUT2D eigenvalue weighted by molar-refractivity contribution is -0.142. The van der Waals surface area contributed by atoms with Gasteiger partial charge in [-0.3, -0.25) is 19.2 Å². The zero-order valence-corrected chi connectivity index (χ0v) is 21.6. The monoisotopic (exact) mass is 532 g/mol. The molecule has 2 aromatic rings. The Morgan fingerprint density at radius 3 is 2.16 bits per heavy atom. The molecule has 0 saturated carbocycles. The van der Waals surface area contributed by atoms with Gasteiger partial charge in [0.25, 0.3) is 0 Å². The first kappa shape index (κ1) is 30.3. The number of para-hydroxylation sites is 1. The topological polar surface area (TPSA) is 230 Å². The number of benzene rings is 1. The summed E-state index contributed by atoms with van der Waals surface area (Å²) < 4.78 is 0. The van der Waals surface area contributed by atoms with Crippen molar-refractivity contribution in [2.45, 2.75) is 70.3 Å². The van der Waals surface area contributed by atoms with Crippen LogP contribution in [-0.4, -0.2) is 75.1 Å². The molecule has 0 radical (unpaired) electrons. The molecule has 0 aliphatic carbocycles. The maximum absolute atomic E-state index is 13.0. The van der Waals surface area contributed by atoms with Crippen molar-refractivity contribution in [3.05, 3.63) is 36.0 Å². The highest BCUT2D eigenvalue weighted by Crippen LogP contribution is 2.19. The molecule has 1 heterocycles. The van der Waals surface area contributed by atoms with Gasteiger partial charge in [0.2, 0.25) is 23.6 Å². The number of H-pyrrole nitrogens is 1. The number of nitrogens with one attached hydrogen (secondary N) is 4. The third-order valence-electron chi connectivity index (χ3n) is 5.88. The van der Waals surface area contributed by atoms with E-state index in [-0.39, 0.29) is 12.3 Å². The molecular weight excluding hydrogens is 496 g/mol. The second-order valence-corrected chi connectivity index (χ2v) is 9.66. The molecule has 0 aliphatic rings. The Balaban J connectivity index is 2.16. The number of carbonyl (C=O) groups excluding carboxylic acids is 4. The Kier molecular flexibility index (Phi) is 10.8. The Labute approximate surface area is 219 Å². The summed E-state index contributed by atoms with van der Waals surface area (Å²) in [5.41, 5.74) is 12.5. The van der Waals surface area contributed by atoms with Gasteiger partial charge in [-0.25, -0.2) is 4.79 Å². The van der Waals surface area contributed by atoms with Crippen LogP contribution in [-0.2, 0) is 30.4 Å². The fourth-order valence-corrected chi connectivity index (χ4v) is 3.95. The van der Waals surface area contributed by atoms with Crippen LogP contribution in [0.25, 0.3) is 10.9 Å². The number of aliphatic hydroxyl groups excluding tert-OH is 1. The molecule has 2 rings (SSSR count). The lowest BCUT2D eigenvalue weighted by Gasteiger charge is -2.26. The van der Waals surface area contributed by atoms with Gasteiger partial charge < -0.3 is 42.6 Å². The number of aliphatic carboxylic acids is 1. The van der Waals surface area contributed by atoms with Crippen molar-refractivity contribution in [3.63, 3.8) is 0 Å². The van der Waals surface area contributed by atoms with E-state index in [9.17, 15) is 34.2 Å². The second kappa shape index (κ2) is 13.5. The number of aromatic nitrogens is 1. The van der Waals surface area contributed by atoms with Gasteiger partial charge in [0.15, 0.2) is 0 Å². The number of carboxylic acids is 1. The summed E-state index contributed by atoms with van der Waals surface area (Å²) >= 11 is 0. The highest BCUT2D eigenvalue weighted by molar-refractivity contribution is 5.96. The minimum absolute atomic E-state index is 0.0809. The summed E-state index contributed by atoms with van der Waals surface area (Å²) in [6.45, 7) is 4.98. The predicted octanol–water partition coefficient (Wildman–Crippen LogP) is -1.12. The van der Waals surface area contributed by atoms with Crippen LogP contribution in [0.15, 0.2) is 30.5 Å². The van der Waals surface area contributed by atoms with E-state index in [1.807, 2.05) is 26.0 Å². The zero-order valence-electron chi connectivity index (χ0n) is 21.6. The van der Waals surface area contributed by atoms with Gasteiger partial charge in [0, 0.05) is 23.5 Å². The van der Waals surface area contributed by atoms with Gasteiger partial charge in [-0.1, -0.05) is 32.0 Å². The van der Waals surface area contributed by atoms with E-state index in [4.69, 9.17) is 11.5 Å². The number of nitrogens with two attached hydrogens (primary N) is 2. The molecule has 1 aromatic heterocycles. The fourth-order valence-electron chi connectivity index (χ4n) is 3.95. The predicted molar refractivity (Wildman–Crippen MR) is 138 cm³/mol. The number of amides is 4. The largest absolute Gasteiger partial charge is 0.480 e. The Morgan fingerprint density at radius 2 is 1.58 bits per heavy atom. The van der Waals surface area contributed by atoms with Crippen molar-refractivity contribution in [2.75, 3.05) is 0 Å². The molecular formula is C25H36N6O7. The van der Waals surface area contributed by atoms with Gasteiger partial charge in [0.1, 0.15) is 18.1 Å². The van der Waals surface area contributed by atoms with Gasteiger partial charge in [0.05, 0.1) is 18.6 Å². The fraction of sp³-hybridized carbons (Fsp3) is 0.480. The molecule has 0 bridgehead atoms. The highest BCUT2D eigenvalue weighted by Gasteiger charge is 2.33. The van der Waals surface area contributed by atoms with E-state index in [0.29, 0.717) is 12.0 Å². The van der Waals surface area contributed by atoms with Crippen LogP contribution in [0.1, 0.15) is 39.2 Å². The molecule has 13 nitrogen and oxygen atoms in total. The smallest absolute Gasteiger partial charge is 0.326 e. The molecule has 38 heavy (non-hydrogen) atoms. The first-order chi connectivity index (χ1) is 17.8. The molecule has 0 aliphatic heterocycles. The van der Waals surface area contributed by atoms with Crippen molar-refractivity contribution >= 4 is 40.5 Å². The number of rotatable bonds is 14. The average molecular weight is 533 g/mol. The second-order valence-electron chi connectivity index (χ2n) is 9.66. The molecule has 5 atom stereocenters. The lowest BCUT2D eigenvalue weighted by Crippen LogP contribution is -2.60. The molecule has 208 valence electrons. The lowest BCUT2D eigenvalue weighted by atomic mass is 10.0. The van der Waals surface area contributed by atoms with E-state index in [0.717, 1.165) is 10.9 Å². The molecule has 5 unspecified atom stereocenters. The third kappa shape index (κ3) is 8.56. The number of aliphatic hydroxyl groups is 1. The summed E-state index contributed by atoms with van der Waals surface area (Å²) in [4.78, 5) is 64.9. The number of carboxylic acid groups (broad SMARTS) is 1. The highest BCUT2D eigenvalue weighted by atomic mass is 16.4. The molecule has 1 aromatic carbocycles. The Morgan fingerprint density at radius 1 is 0.947 bits per heavy atom. The molecule has 0 fully saturated rings. The standard InChI is InChI=1S/C25H36N6O7/c1-12(2)8-16(26)22(34)31-21(13(3)32)24(36)29-18(10-20(27)33)23(35)30-19(25(37)38)9-14-11-28-17-7-5-4-6-15(14)17/h4-7,11-13,16,18-19,21,28,32H,8-10,26H2,1-3H3,(H2,27,33)(H,29,36)(H,30,35)(H,31,34)(H,37,38). The van der Waals surface area contributed by atoms with Crippen LogP contribution < -0.4 is 27.4 Å². The first-order valence-electron chi connectivity index (χ1n) is 12.2. The summed E-state index contributed by atoms with van der Waals surface area (Å²) in [6.07, 6.45) is -0.141. The molecule has 0 saturated heterocycles. The normalized spacial score (nSPS) is 15.2. The minimum Gasteiger partial charge on any atom is -0.480 e. The van der Waals surface area contributed by atoms with Crippen LogP contribution in [0.3, 0.4) is 0 Å². The van der Waals surface area contributed by atoms with Crippen LogP contribution in [0, 0.1) is 5.92 Å². The molecule has 0 spiro atoms. The van der Waals surface area contributed by atoms with Gasteiger partial charge in [-0.15, -0.1) is 0 Å². The Hall–Kier alpha value is -3.97. The maximum Gasteiger partial charge on any atom is 0.326 e. The van der Waals surface area contributed by atoms with Crippen molar-refractivity contribution < 1.29 is 34.2 Å². The number of hydrogen-bond acceptors (Lipinski definition) is 7. The van der Waals surface area contributed by atoms with E-state index in [2.05, 4.69) is 20.9 Å². The SMILES string of the molecule is CC(C)CC(N)C(=O)NC(C(=O)NC(CC(N)=O)C(=O)NC(Cc1c[nH]c2ccccc12)C(=O)O)C(C)O. The summed E-state index contributed by atoms with van der Waals surface area (Å²) in [7, 11) is 0. The quantitative estimate of drug-likeness (QED) is 0.148. The first-order valence-corrected chi connectivity index (χ1v) is 12.2. The van der Waals surface area contributed by atoms with Crippen molar-refractivity contribution in [1.82, 2.24) is 20.9 Å². The molecule has 4 amide bonds. The zero-order chi connectivity index (χ0) is 28.6. The van der Waals surface area contributed by atoms with E-state index in [1.54, 1.807) is 18.3 Å². The number of hydrogen-bond donors (Lipinski definition) is 8. The summed E-state index contributed by atoms with van der Waals surface area (Å²) in [5, 5.41) is 27.6. The van der Waals surface area contributed by atoms with E-state index >= 15 is 0 Å². The van der Waals surface area contributed by atoms with Crippen LogP contribution in [0.5, 0.6) is 0 Å². The number of aromatic amines is 1. The van der Waals surface area contributed by atoms with Crippen molar-refractivity contribution in [2.24, 2.45) is 17.4 Å².